The third-order valence-electron chi connectivity index (χ3n) is 5.10. The van der Waals surface area contributed by atoms with Crippen LogP contribution in [-0.4, -0.2) is 29.6 Å². The number of nitrogens with zero attached hydrogens (tertiary/aromatic N) is 1. The van der Waals surface area contributed by atoms with E-state index in [0.29, 0.717) is 6.42 Å². The second kappa shape index (κ2) is 6.17. The summed E-state index contributed by atoms with van der Waals surface area (Å²) < 4.78 is 38.9. The molecule has 1 fully saturated rings. The van der Waals surface area contributed by atoms with E-state index < -0.39 is 18.6 Å². The van der Waals surface area contributed by atoms with Gasteiger partial charge in [0.2, 0.25) is 5.91 Å². The number of rotatable bonds is 4. The molecule has 5 heteroatoms. The summed E-state index contributed by atoms with van der Waals surface area (Å²) in [5.74, 6) is -0.558. The minimum absolute atomic E-state index is 0.222. The molecule has 0 bridgehead atoms. The van der Waals surface area contributed by atoms with Crippen LogP contribution in [0.2, 0.25) is 0 Å². The summed E-state index contributed by atoms with van der Waals surface area (Å²) in [6.07, 6.45) is -0.120. The molecule has 2 aliphatic rings. The van der Waals surface area contributed by atoms with E-state index in [4.69, 9.17) is 0 Å². The van der Waals surface area contributed by atoms with Gasteiger partial charge in [0.25, 0.3) is 0 Å². The standard InChI is InChI=1S/C18H22F3NO/c1-12(13-9-10-13)22(11-18(19,20)21)17(23)16-8-4-6-14-5-2-3-7-15(14)16/h2-3,5,7,12-13,16H,4,6,8-11H2,1H3/t12-,16+/m1/s1. The second-order valence-electron chi connectivity index (χ2n) is 6.80. The van der Waals surface area contributed by atoms with Gasteiger partial charge in [-0.2, -0.15) is 13.2 Å². The van der Waals surface area contributed by atoms with Crippen LogP contribution in [0.5, 0.6) is 0 Å². The van der Waals surface area contributed by atoms with Crippen LogP contribution in [0.4, 0.5) is 13.2 Å². The van der Waals surface area contributed by atoms with Crippen molar-refractivity contribution in [1.82, 2.24) is 4.90 Å². The van der Waals surface area contributed by atoms with Crippen molar-refractivity contribution < 1.29 is 18.0 Å². The number of fused-ring (bicyclic) bond motifs is 1. The summed E-state index contributed by atoms with van der Waals surface area (Å²) in [5, 5.41) is 0. The topological polar surface area (TPSA) is 20.3 Å². The Bertz CT molecular complexity index is 580. The lowest BCUT2D eigenvalue weighted by Gasteiger charge is -2.35. The summed E-state index contributed by atoms with van der Waals surface area (Å²) in [7, 11) is 0. The van der Waals surface area contributed by atoms with E-state index in [1.165, 1.54) is 0 Å². The number of amides is 1. The third kappa shape index (κ3) is 3.70. The molecule has 1 aromatic rings. The van der Waals surface area contributed by atoms with Crippen LogP contribution in [-0.2, 0) is 11.2 Å². The van der Waals surface area contributed by atoms with Gasteiger partial charge in [-0.25, -0.2) is 0 Å². The monoisotopic (exact) mass is 325 g/mol. The maximum absolute atomic E-state index is 13.0. The Morgan fingerprint density at radius 2 is 1.96 bits per heavy atom. The molecule has 0 saturated heterocycles. The maximum Gasteiger partial charge on any atom is 0.406 e. The molecule has 0 aromatic heterocycles. The Kier molecular flexibility index (Phi) is 4.39. The van der Waals surface area contributed by atoms with Crippen LogP contribution in [0, 0.1) is 5.92 Å². The first-order valence-corrected chi connectivity index (χ1v) is 8.32. The number of aryl methyl sites for hydroxylation is 1. The Hall–Kier alpha value is -1.52. The molecule has 126 valence electrons. The fraction of sp³-hybridized carbons (Fsp3) is 0.611. The average molecular weight is 325 g/mol. The van der Waals surface area contributed by atoms with Crippen molar-refractivity contribution in [2.24, 2.45) is 5.92 Å². The predicted octanol–water partition coefficient (Wildman–Crippen LogP) is 4.30. The highest BCUT2D eigenvalue weighted by Crippen LogP contribution is 2.39. The second-order valence-corrected chi connectivity index (χ2v) is 6.80. The first-order chi connectivity index (χ1) is 10.9. The number of carbonyl (C=O) groups is 1. The number of carbonyl (C=O) groups excluding carboxylic acids is 1. The smallest absolute Gasteiger partial charge is 0.330 e. The number of alkyl halides is 3. The van der Waals surface area contributed by atoms with Crippen molar-refractivity contribution in [1.29, 1.82) is 0 Å². The molecule has 2 atom stereocenters. The van der Waals surface area contributed by atoms with Crippen molar-refractivity contribution >= 4 is 5.91 Å². The van der Waals surface area contributed by atoms with E-state index in [1.54, 1.807) is 6.92 Å². The van der Waals surface area contributed by atoms with Gasteiger partial charge in [-0.15, -0.1) is 0 Å². The first-order valence-electron chi connectivity index (χ1n) is 8.32. The average Bonchev–Trinajstić information content (AvgIpc) is 3.35. The number of hydrogen-bond donors (Lipinski definition) is 0. The first kappa shape index (κ1) is 16.3. The van der Waals surface area contributed by atoms with Crippen molar-refractivity contribution in [3.05, 3.63) is 35.4 Å². The zero-order chi connectivity index (χ0) is 16.6. The van der Waals surface area contributed by atoms with Crippen molar-refractivity contribution in [3.8, 4) is 0 Å². The summed E-state index contributed by atoms with van der Waals surface area (Å²) in [4.78, 5) is 14.0. The number of halogens is 3. The van der Waals surface area contributed by atoms with Gasteiger partial charge in [-0.1, -0.05) is 24.3 Å². The normalized spacial score (nSPS) is 22.3. The maximum atomic E-state index is 13.0. The molecular weight excluding hydrogens is 303 g/mol. The van der Waals surface area contributed by atoms with Crippen molar-refractivity contribution in [3.63, 3.8) is 0 Å². The predicted molar refractivity (Wildman–Crippen MR) is 82.1 cm³/mol. The van der Waals surface area contributed by atoms with Crippen LogP contribution in [0.3, 0.4) is 0 Å². The van der Waals surface area contributed by atoms with Crippen molar-refractivity contribution in [2.45, 2.75) is 57.2 Å². The largest absolute Gasteiger partial charge is 0.406 e. The Balaban J connectivity index is 1.86. The fourth-order valence-electron chi connectivity index (χ4n) is 3.66. The molecule has 0 spiro atoms. The van der Waals surface area contributed by atoms with Gasteiger partial charge in [0, 0.05) is 6.04 Å². The van der Waals surface area contributed by atoms with Gasteiger partial charge < -0.3 is 4.90 Å². The Morgan fingerprint density at radius 3 is 2.61 bits per heavy atom. The van der Waals surface area contributed by atoms with Gasteiger partial charge in [0.15, 0.2) is 0 Å². The summed E-state index contributed by atoms with van der Waals surface area (Å²) >= 11 is 0. The van der Waals surface area contributed by atoms with Gasteiger partial charge in [-0.05, 0) is 56.1 Å². The van der Waals surface area contributed by atoms with Gasteiger partial charge in [0.05, 0.1) is 5.92 Å². The summed E-state index contributed by atoms with van der Waals surface area (Å²) in [6.45, 7) is 0.623. The summed E-state index contributed by atoms with van der Waals surface area (Å²) in [5.41, 5.74) is 2.02. The third-order valence-corrected chi connectivity index (χ3v) is 5.10. The lowest BCUT2D eigenvalue weighted by Crippen LogP contribution is -2.47. The van der Waals surface area contributed by atoms with Crippen LogP contribution < -0.4 is 0 Å². The molecular formula is C18H22F3NO. The van der Waals surface area contributed by atoms with Crippen LogP contribution >= 0.6 is 0 Å². The SMILES string of the molecule is C[C@H](C1CC1)N(CC(F)(F)F)C(=O)[C@H]1CCCc2ccccc21. The zero-order valence-corrected chi connectivity index (χ0v) is 13.3. The minimum Gasteiger partial charge on any atom is -0.330 e. The quantitative estimate of drug-likeness (QED) is 0.808. The van der Waals surface area contributed by atoms with Gasteiger partial charge in [-0.3, -0.25) is 4.79 Å². The van der Waals surface area contributed by atoms with E-state index in [2.05, 4.69) is 0 Å². The molecule has 3 rings (SSSR count). The van der Waals surface area contributed by atoms with Crippen LogP contribution in [0.15, 0.2) is 24.3 Å². The highest BCUT2D eigenvalue weighted by Gasteiger charge is 2.42. The zero-order valence-electron chi connectivity index (χ0n) is 13.3. The lowest BCUT2D eigenvalue weighted by atomic mass is 9.82. The van der Waals surface area contributed by atoms with E-state index in [-0.39, 0.29) is 17.9 Å². The van der Waals surface area contributed by atoms with E-state index in [1.807, 2.05) is 24.3 Å². The highest BCUT2D eigenvalue weighted by atomic mass is 19.4. The van der Waals surface area contributed by atoms with E-state index in [0.717, 1.165) is 41.7 Å². The Morgan fingerprint density at radius 1 is 1.26 bits per heavy atom. The summed E-state index contributed by atoms with van der Waals surface area (Å²) in [6, 6.07) is 7.32. The molecule has 0 heterocycles. The van der Waals surface area contributed by atoms with E-state index in [9.17, 15) is 18.0 Å². The lowest BCUT2D eigenvalue weighted by molar-refractivity contribution is -0.167. The van der Waals surface area contributed by atoms with Gasteiger partial charge in [0.1, 0.15) is 6.54 Å². The molecule has 0 aliphatic heterocycles. The van der Waals surface area contributed by atoms with Crippen LogP contribution in [0.25, 0.3) is 0 Å². The molecule has 1 amide bonds. The van der Waals surface area contributed by atoms with Crippen LogP contribution in [0.1, 0.15) is 49.7 Å². The molecule has 23 heavy (non-hydrogen) atoms. The molecule has 1 aromatic carbocycles. The number of hydrogen-bond acceptors (Lipinski definition) is 1. The highest BCUT2D eigenvalue weighted by molar-refractivity contribution is 5.85. The molecule has 2 aliphatic carbocycles. The minimum atomic E-state index is -4.35. The number of benzene rings is 1. The van der Waals surface area contributed by atoms with Gasteiger partial charge >= 0.3 is 6.18 Å². The molecule has 0 radical (unpaired) electrons. The fourth-order valence-corrected chi connectivity index (χ4v) is 3.66. The molecule has 2 nitrogen and oxygen atoms in total. The molecule has 0 N–H and O–H groups in total. The van der Waals surface area contributed by atoms with Crippen molar-refractivity contribution in [2.75, 3.05) is 6.54 Å². The van der Waals surface area contributed by atoms with E-state index >= 15 is 0 Å². The molecule has 1 saturated carbocycles. The Labute approximate surface area is 134 Å². The molecule has 0 unspecified atom stereocenters.